The molecule has 0 aliphatic rings. The molecule has 56 valence electrons. The van der Waals surface area contributed by atoms with Crippen LogP contribution in [0.25, 0.3) is 5.52 Å². The minimum atomic E-state index is 0.545. The maximum absolute atomic E-state index is 5.45. The number of nitrogens with two attached hydrogens (primary N) is 1. The molecule has 0 saturated heterocycles. The first kappa shape index (κ1) is 6.30. The van der Waals surface area contributed by atoms with Gasteiger partial charge in [-0.25, -0.2) is 9.50 Å². The maximum Gasteiger partial charge on any atom is 0.136 e. The Labute approximate surface area is 63.7 Å². The zero-order chi connectivity index (χ0) is 7.68. The summed E-state index contributed by atoms with van der Waals surface area (Å²) < 4.78 is 1.76. The van der Waals surface area contributed by atoms with Gasteiger partial charge in [0.15, 0.2) is 0 Å². The Balaban J connectivity index is 2.69. The third-order valence-corrected chi connectivity index (χ3v) is 1.57. The van der Waals surface area contributed by atoms with Gasteiger partial charge in [0.05, 0.1) is 11.7 Å². The van der Waals surface area contributed by atoms with Gasteiger partial charge in [0, 0.05) is 12.7 Å². The number of nitrogens with zero attached hydrogens (tertiary/aromatic N) is 3. The number of rotatable bonds is 1. The van der Waals surface area contributed by atoms with Gasteiger partial charge in [-0.2, -0.15) is 5.10 Å². The highest BCUT2D eigenvalue weighted by Crippen LogP contribution is 2.04. The smallest absolute Gasteiger partial charge is 0.136 e. The van der Waals surface area contributed by atoms with Crippen LogP contribution in [0, 0.1) is 0 Å². The summed E-state index contributed by atoms with van der Waals surface area (Å²) in [5.74, 6) is 0. The van der Waals surface area contributed by atoms with E-state index in [2.05, 4.69) is 10.1 Å². The molecule has 0 bridgehead atoms. The van der Waals surface area contributed by atoms with Crippen molar-refractivity contribution in [2.24, 2.45) is 5.73 Å². The summed E-state index contributed by atoms with van der Waals surface area (Å²) in [6.07, 6.45) is 5.16. The van der Waals surface area contributed by atoms with E-state index in [1.807, 2.05) is 12.3 Å². The second-order valence-corrected chi connectivity index (χ2v) is 2.33. The van der Waals surface area contributed by atoms with Crippen LogP contribution in [0.3, 0.4) is 0 Å². The van der Waals surface area contributed by atoms with Crippen molar-refractivity contribution in [2.75, 3.05) is 0 Å². The lowest BCUT2D eigenvalue weighted by Gasteiger charge is -1.86. The van der Waals surface area contributed by atoms with Gasteiger partial charge in [-0.05, 0) is 11.6 Å². The van der Waals surface area contributed by atoms with E-state index in [0.717, 1.165) is 11.1 Å². The second-order valence-electron chi connectivity index (χ2n) is 2.33. The monoisotopic (exact) mass is 148 g/mol. The predicted octanol–water partition coefficient (Wildman–Crippen LogP) is 0.188. The van der Waals surface area contributed by atoms with Gasteiger partial charge in [0.2, 0.25) is 0 Å². The quantitative estimate of drug-likeness (QED) is 0.628. The fourth-order valence-electron chi connectivity index (χ4n) is 1.03. The molecule has 0 radical (unpaired) electrons. The van der Waals surface area contributed by atoms with Crippen molar-refractivity contribution in [3.05, 3.63) is 30.4 Å². The number of fused-ring (bicyclic) bond motifs is 1. The Morgan fingerprint density at radius 1 is 1.55 bits per heavy atom. The molecule has 4 nitrogen and oxygen atoms in total. The molecule has 0 saturated carbocycles. The molecule has 2 heterocycles. The van der Waals surface area contributed by atoms with E-state index in [0.29, 0.717) is 6.54 Å². The Hall–Kier alpha value is -1.42. The van der Waals surface area contributed by atoms with E-state index < -0.39 is 0 Å². The Morgan fingerprint density at radius 2 is 2.45 bits per heavy atom. The summed E-state index contributed by atoms with van der Waals surface area (Å²) >= 11 is 0. The summed E-state index contributed by atoms with van der Waals surface area (Å²) in [6.45, 7) is 0.545. The maximum atomic E-state index is 5.45. The molecule has 0 unspecified atom stereocenters. The van der Waals surface area contributed by atoms with Gasteiger partial charge in [0.25, 0.3) is 0 Å². The van der Waals surface area contributed by atoms with E-state index in [1.54, 1.807) is 10.7 Å². The molecule has 0 aliphatic carbocycles. The number of aromatic nitrogens is 3. The highest BCUT2D eigenvalue weighted by Gasteiger charge is 1.96. The van der Waals surface area contributed by atoms with E-state index in [9.17, 15) is 0 Å². The Kier molecular flexibility index (Phi) is 1.33. The molecule has 0 amide bonds. The van der Waals surface area contributed by atoms with Crippen LogP contribution in [-0.4, -0.2) is 14.6 Å². The van der Waals surface area contributed by atoms with Crippen LogP contribution >= 0.6 is 0 Å². The first-order chi connectivity index (χ1) is 5.40. The van der Waals surface area contributed by atoms with Gasteiger partial charge in [0.1, 0.15) is 6.33 Å². The first-order valence-corrected chi connectivity index (χ1v) is 3.37. The standard InChI is InChI=1S/C7H8N4/c8-2-6-1-7-3-9-5-10-11(7)4-6/h1,3-5H,2,8H2. The zero-order valence-electron chi connectivity index (χ0n) is 5.94. The summed E-state index contributed by atoms with van der Waals surface area (Å²) in [4.78, 5) is 3.89. The van der Waals surface area contributed by atoms with Gasteiger partial charge in [-0.15, -0.1) is 0 Å². The summed E-state index contributed by atoms with van der Waals surface area (Å²) in [5.41, 5.74) is 7.51. The fraction of sp³-hybridized carbons (Fsp3) is 0.143. The molecule has 2 N–H and O–H groups in total. The molecule has 0 fully saturated rings. The molecule has 0 aliphatic heterocycles. The van der Waals surface area contributed by atoms with Gasteiger partial charge in [-0.1, -0.05) is 0 Å². The third-order valence-electron chi connectivity index (χ3n) is 1.57. The second kappa shape index (κ2) is 2.32. The summed E-state index contributed by atoms with van der Waals surface area (Å²) in [6, 6.07) is 1.97. The fourth-order valence-corrected chi connectivity index (χ4v) is 1.03. The van der Waals surface area contributed by atoms with E-state index >= 15 is 0 Å². The van der Waals surface area contributed by atoms with Crippen LogP contribution in [0.1, 0.15) is 5.56 Å². The summed E-state index contributed by atoms with van der Waals surface area (Å²) in [7, 11) is 0. The van der Waals surface area contributed by atoms with Crippen molar-refractivity contribution in [1.82, 2.24) is 14.6 Å². The average Bonchev–Trinajstić information content (AvgIpc) is 2.46. The normalized spacial score (nSPS) is 10.6. The largest absolute Gasteiger partial charge is 0.326 e. The topological polar surface area (TPSA) is 56.2 Å². The van der Waals surface area contributed by atoms with Crippen molar-refractivity contribution in [3.8, 4) is 0 Å². The molecule has 0 aromatic carbocycles. The molecule has 2 aromatic heterocycles. The van der Waals surface area contributed by atoms with Crippen LogP contribution in [0.15, 0.2) is 24.8 Å². The van der Waals surface area contributed by atoms with Crippen LogP contribution in [0.5, 0.6) is 0 Å². The molecular weight excluding hydrogens is 140 g/mol. The van der Waals surface area contributed by atoms with E-state index in [-0.39, 0.29) is 0 Å². The molecule has 2 rings (SSSR count). The van der Waals surface area contributed by atoms with Gasteiger partial charge < -0.3 is 5.73 Å². The van der Waals surface area contributed by atoms with Crippen LogP contribution in [-0.2, 0) is 6.54 Å². The lowest BCUT2D eigenvalue weighted by molar-refractivity contribution is 0.895. The molecule has 2 aromatic rings. The molecule has 11 heavy (non-hydrogen) atoms. The zero-order valence-corrected chi connectivity index (χ0v) is 5.94. The van der Waals surface area contributed by atoms with Crippen molar-refractivity contribution < 1.29 is 0 Å². The van der Waals surface area contributed by atoms with Crippen molar-refractivity contribution >= 4 is 5.52 Å². The minimum Gasteiger partial charge on any atom is -0.326 e. The third kappa shape index (κ3) is 0.969. The average molecular weight is 148 g/mol. The van der Waals surface area contributed by atoms with Crippen LogP contribution in [0.2, 0.25) is 0 Å². The highest BCUT2D eigenvalue weighted by atomic mass is 15.2. The molecule has 0 spiro atoms. The minimum absolute atomic E-state index is 0.545. The molecule has 4 heteroatoms. The highest BCUT2D eigenvalue weighted by molar-refractivity contribution is 5.46. The van der Waals surface area contributed by atoms with Gasteiger partial charge in [-0.3, -0.25) is 0 Å². The van der Waals surface area contributed by atoms with Gasteiger partial charge >= 0.3 is 0 Å². The van der Waals surface area contributed by atoms with Crippen LogP contribution in [0.4, 0.5) is 0 Å². The molecular formula is C7H8N4. The SMILES string of the molecule is NCc1cc2cncnn2c1. The van der Waals surface area contributed by atoms with Crippen molar-refractivity contribution in [2.45, 2.75) is 6.54 Å². The lowest BCUT2D eigenvalue weighted by atomic mass is 10.3. The number of hydrogen-bond acceptors (Lipinski definition) is 3. The number of hydrogen-bond donors (Lipinski definition) is 1. The van der Waals surface area contributed by atoms with E-state index in [4.69, 9.17) is 5.73 Å². The summed E-state index contributed by atoms with van der Waals surface area (Å²) in [5, 5.41) is 4.00. The molecule has 0 atom stereocenters. The Morgan fingerprint density at radius 3 is 3.18 bits per heavy atom. The first-order valence-electron chi connectivity index (χ1n) is 3.37. The predicted molar refractivity (Wildman–Crippen MR) is 40.9 cm³/mol. The van der Waals surface area contributed by atoms with Crippen LogP contribution < -0.4 is 5.73 Å². The van der Waals surface area contributed by atoms with Crippen molar-refractivity contribution in [1.29, 1.82) is 0 Å². The Bertz CT molecular complexity index is 332. The van der Waals surface area contributed by atoms with E-state index in [1.165, 1.54) is 6.33 Å². The van der Waals surface area contributed by atoms with Crippen molar-refractivity contribution in [3.63, 3.8) is 0 Å². The lowest BCUT2D eigenvalue weighted by Crippen LogP contribution is -1.93.